The minimum atomic E-state index is -0.0130. The molecule has 0 aliphatic carbocycles. The van der Waals surface area contributed by atoms with Crippen molar-refractivity contribution in [3.05, 3.63) is 18.5 Å². The molecule has 1 aromatic heterocycles. The summed E-state index contributed by atoms with van der Waals surface area (Å²) in [6.45, 7) is 4.52. The zero-order chi connectivity index (χ0) is 15.1. The standard InChI is InChI=1S/C14H23N5O2/c1-2-15-14(21)18-9-4-12(5-10-18)17-13(20)6-11-19-8-3-7-16-19/h3,7-8,12H,2,4-6,9-11H2,1H3,(H,15,21)(H,17,20). The van der Waals surface area contributed by atoms with Crippen molar-refractivity contribution in [3.8, 4) is 0 Å². The lowest BCUT2D eigenvalue weighted by atomic mass is 10.1. The molecular weight excluding hydrogens is 270 g/mol. The molecule has 1 aliphatic heterocycles. The average Bonchev–Trinajstić information content (AvgIpc) is 2.99. The molecule has 1 aliphatic rings. The maximum atomic E-state index is 11.9. The van der Waals surface area contributed by atoms with E-state index in [0.29, 0.717) is 32.6 Å². The Balaban J connectivity index is 1.66. The quantitative estimate of drug-likeness (QED) is 0.833. The van der Waals surface area contributed by atoms with E-state index in [-0.39, 0.29) is 18.0 Å². The number of hydrogen-bond acceptors (Lipinski definition) is 3. The van der Waals surface area contributed by atoms with Gasteiger partial charge in [-0.3, -0.25) is 9.48 Å². The summed E-state index contributed by atoms with van der Waals surface area (Å²) >= 11 is 0. The molecule has 0 aromatic carbocycles. The van der Waals surface area contributed by atoms with Crippen molar-refractivity contribution in [1.82, 2.24) is 25.3 Å². The second-order valence-electron chi connectivity index (χ2n) is 5.18. The Kier molecular flexibility index (Phi) is 5.59. The molecule has 0 radical (unpaired) electrons. The van der Waals surface area contributed by atoms with E-state index < -0.39 is 0 Å². The predicted octanol–water partition coefficient (Wildman–Crippen LogP) is 0.583. The van der Waals surface area contributed by atoms with E-state index in [1.165, 1.54) is 0 Å². The van der Waals surface area contributed by atoms with E-state index in [1.54, 1.807) is 15.8 Å². The fraction of sp³-hybridized carbons (Fsp3) is 0.643. The number of carbonyl (C=O) groups is 2. The Hall–Kier alpha value is -2.05. The molecule has 0 spiro atoms. The van der Waals surface area contributed by atoms with Crippen molar-refractivity contribution in [2.75, 3.05) is 19.6 Å². The van der Waals surface area contributed by atoms with E-state index >= 15 is 0 Å². The summed E-state index contributed by atoms with van der Waals surface area (Å²) in [5, 5.41) is 9.90. The van der Waals surface area contributed by atoms with Crippen LogP contribution in [0.5, 0.6) is 0 Å². The van der Waals surface area contributed by atoms with Gasteiger partial charge in [-0.1, -0.05) is 0 Å². The van der Waals surface area contributed by atoms with Crippen LogP contribution in [0.4, 0.5) is 4.79 Å². The lowest BCUT2D eigenvalue weighted by Crippen LogP contribution is -2.49. The number of nitrogens with one attached hydrogen (secondary N) is 2. The summed E-state index contributed by atoms with van der Waals surface area (Å²) in [4.78, 5) is 25.4. The van der Waals surface area contributed by atoms with Crippen molar-refractivity contribution >= 4 is 11.9 Å². The van der Waals surface area contributed by atoms with Crippen LogP contribution in [0.15, 0.2) is 18.5 Å². The van der Waals surface area contributed by atoms with E-state index in [4.69, 9.17) is 0 Å². The molecule has 1 saturated heterocycles. The smallest absolute Gasteiger partial charge is 0.317 e. The zero-order valence-electron chi connectivity index (χ0n) is 12.4. The van der Waals surface area contributed by atoms with Crippen LogP contribution in [0.3, 0.4) is 0 Å². The van der Waals surface area contributed by atoms with Crippen LogP contribution < -0.4 is 10.6 Å². The highest BCUT2D eigenvalue weighted by atomic mass is 16.2. The van der Waals surface area contributed by atoms with Gasteiger partial charge in [-0.15, -0.1) is 0 Å². The Bertz CT molecular complexity index is 452. The van der Waals surface area contributed by atoms with Gasteiger partial charge in [0.1, 0.15) is 0 Å². The molecule has 7 heteroatoms. The van der Waals surface area contributed by atoms with Crippen LogP contribution in [0.1, 0.15) is 26.2 Å². The first-order valence-corrected chi connectivity index (χ1v) is 7.48. The second-order valence-corrected chi connectivity index (χ2v) is 5.18. The first-order valence-electron chi connectivity index (χ1n) is 7.48. The lowest BCUT2D eigenvalue weighted by molar-refractivity contribution is -0.122. The number of carbonyl (C=O) groups excluding carboxylic acids is 2. The lowest BCUT2D eigenvalue weighted by Gasteiger charge is -2.32. The van der Waals surface area contributed by atoms with Gasteiger partial charge < -0.3 is 15.5 Å². The van der Waals surface area contributed by atoms with Gasteiger partial charge in [0.2, 0.25) is 5.91 Å². The molecule has 2 rings (SSSR count). The van der Waals surface area contributed by atoms with E-state index in [1.807, 2.05) is 19.2 Å². The second kappa shape index (κ2) is 7.66. The van der Waals surface area contributed by atoms with Gasteiger partial charge in [0, 0.05) is 51.0 Å². The molecule has 2 N–H and O–H groups in total. The Morgan fingerprint density at radius 2 is 2.10 bits per heavy atom. The highest BCUT2D eigenvalue weighted by Gasteiger charge is 2.23. The molecule has 1 aromatic rings. The number of aromatic nitrogens is 2. The van der Waals surface area contributed by atoms with Gasteiger partial charge in [-0.25, -0.2) is 4.79 Å². The molecule has 116 valence electrons. The third-order valence-corrected chi connectivity index (χ3v) is 3.60. The average molecular weight is 293 g/mol. The third kappa shape index (κ3) is 4.77. The van der Waals surface area contributed by atoms with Crippen LogP contribution in [0.25, 0.3) is 0 Å². The fourth-order valence-electron chi connectivity index (χ4n) is 2.44. The highest BCUT2D eigenvalue weighted by Crippen LogP contribution is 2.10. The molecule has 7 nitrogen and oxygen atoms in total. The van der Waals surface area contributed by atoms with Crippen LogP contribution in [-0.2, 0) is 11.3 Å². The number of urea groups is 1. The number of rotatable bonds is 5. The summed E-state index contributed by atoms with van der Waals surface area (Å²) < 4.78 is 1.75. The number of nitrogens with zero attached hydrogens (tertiary/aromatic N) is 3. The maximum absolute atomic E-state index is 11.9. The number of piperidine rings is 1. The first-order chi connectivity index (χ1) is 10.2. The molecule has 0 atom stereocenters. The topological polar surface area (TPSA) is 79.3 Å². The van der Waals surface area contributed by atoms with Gasteiger partial charge in [-0.2, -0.15) is 5.10 Å². The van der Waals surface area contributed by atoms with Gasteiger partial charge in [0.05, 0.1) is 0 Å². The van der Waals surface area contributed by atoms with Crippen LogP contribution >= 0.6 is 0 Å². The normalized spacial score (nSPS) is 15.8. The maximum Gasteiger partial charge on any atom is 0.317 e. The molecular formula is C14H23N5O2. The number of amides is 3. The summed E-state index contributed by atoms with van der Waals surface area (Å²) in [7, 11) is 0. The highest BCUT2D eigenvalue weighted by molar-refractivity contribution is 5.76. The summed E-state index contributed by atoms with van der Waals surface area (Å²) in [5.41, 5.74) is 0. The monoisotopic (exact) mass is 293 g/mol. The van der Waals surface area contributed by atoms with Gasteiger partial charge in [0.15, 0.2) is 0 Å². The molecule has 0 unspecified atom stereocenters. The van der Waals surface area contributed by atoms with Crippen molar-refractivity contribution in [2.45, 2.75) is 38.8 Å². The number of aryl methyl sites for hydroxylation is 1. The first kappa shape index (κ1) is 15.3. The molecule has 3 amide bonds. The van der Waals surface area contributed by atoms with Crippen molar-refractivity contribution in [1.29, 1.82) is 0 Å². The van der Waals surface area contributed by atoms with Crippen LogP contribution in [-0.4, -0.2) is 52.3 Å². The molecule has 0 saturated carbocycles. The van der Waals surface area contributed by atoms with E-state index in [0.717, 1.165) is 12.8 Å². The van der Waals surface area contributed by atoms with E-state index in [9.17, 15) is 9.59 Å². The van der Waals surface area contributed by atoms with Crippen LogP contribution in [0, 0.1) is 0 Å². The largest absolute Gasteiger partial charge is 0.353 e. The number of likely N-dealkylation sites (tertiary alicyclic amines) is 1. The summed E-state index contributed by atoms with van der Waals surface area (Å²) in [6.07, 6.45) is 5.60. The molecule has 2 heterocycles. The third-order valence-electron chi connectivity index (χ3n) is 3.60. The number of hydrogen-bond donors (Lipinski definition) is 2. The Labute approximate surface area is 124 Å². The Morgan fingerprint density at radius 3 is 2.71 bits per heavy atom. The molecule has 21 heavy (non-hydrogen) atoms. The van der Waals surface area contributed by atoms with E-state index in [2.05, 4.69) is 15.7 Å². The van der Waals surface area contributed by atoms with Crippen LogP contribution in [0.2, 0.25) is 0 Å². The van der Waals surface area contributed by atoms with Crippen molar-refractivity contribution < 1.29 is 9.59 Å². The van der Waals surface area contributed by atoms with Crippen molar-refractivity contribution in [3.63, 3.8) is 0 Å². The van der Waals surface area contributed by atoms with Gasteiger partial charge in [0.25, 0.3) is 0 Å². The predicted molar refractivity (Wildman–Crippen MR) is 78.7 cm³/mol. The zero-order valence-corrected chi connectivity index (χ0v) is 12.4. The molecule has 1 fully saturated rings. The fourth-order valence-corrected chi connectivity index (χ4v) is 2.44. The minimum Gasteiger partial charge on any atom is -0.353 e. The molecule has 0 bridgehead atoms. The summed E-state index contributed by atoms with van der Waals surface area (Å²) in [5.74, 6) is 0.0435. The van der Waals surface area contributed by atoms with Crippen molar-refractivity contribution in [2.24, 2.45) is 0 Å². The summed E-state index contributed by atoms with van der Waals surface area (Å²) in [6, 6.07) is 2.00. The SMILES string of the molecule is CCNC(=O)N1CCC(NC(=O)CCn2cccn2)CC1. The van der Waals surface area contributed by atoms with Gasteiger partial charge in [-0.05, 0) is 25.8 Å². The Morgan fingerprint density at radius 1 is 1.33 bits per heavy atom. The minimum absolute atomic E-state index is 0.0130. The van der Waals surface area contributed by atoms with Gasteiger partial charge >= 0.3 is 6.03 Å².